The Morgan fingerprint density at radius 1 is 1.25 bits per heavy atom. The summed E-state index contributed by atoms with van der Waals surface area (Å²) in [7, 11) is 0. The molecule has 28 heavy (non-hydrogen) atoms. The van der Waals surface area contributed by atoms with E-state index in [0.717, 1.165) is 35.4 Å². The van der Waals surface area contributed by atoms with Crippen LogP contribution in [-0.2, 0) is 6.54 Å². The number of aromatic nitrogens is 3. The van der Waals surface area contributed by atoms with E-state index in [9.17, 15) is 4.79 Å². The quantitative estimate of drug-likeness (QED) is 0.703. The van der Waals surface area contributed by atoms with Crippen LogP contribution in [0.4, 0.5) is 0 Å². The van der Waals surface area contributed by atoms with Crippen LogP contribution in [0.25, 0.3) is 22.3 Å². The fourth-order valence-corrected chi connectivity index (χ4v) is 3.51. The Kier molecular flexibility index (Phi) is 7.41. The second kappa shape index (κ2) is 9.37. The molecule has 0 saturated carbocycles. The summed E-state index contributed by atoms with van der Waals surface area (Å²) < 4.78 is 1.85. The van der Waals surface area contributed by atoms with E-state index in [1.165, 1.54) is 0 Å². The smallest absolute Gasteiger partial charge is 0.255 e. The van der Waals surface area contributed by atoms with E-state index in [2.05, 4.69) is 17.3 Å². The van der Waals surface area contributed by atoms with Gasteiger partial charge in [0.05, 0.1) is 22.8 Å². The third-order valence-electron chi connectivity index (χ3n) is 4.97. The van der Waals surface area contributed by atoms with E-state index in [1.54, 1.807) is 6.20 Å². The minimum Gasteiger partial charge on any atom is -0.333 e. The highest BCUT2D eigenvalue weighted by Crippen LogP contribution is 2.26. The van der Waals surface area contributed by atoms with Crippen LogP contribution in [0.1, 0.15) is 24.2 Å². The molecule has 2 aromatic heterocycles. The molecule has 4 rings (SSSR count). The van der Waals surface area contributed by atoms with Gasteiger partial charge in [-0.2, -0.15) is 5.10 Å². The molecule has 1 atom stereocenters. The number of hydrogen-bond acceptors (Lipinski definition) is 4. The lowest BCUT2D eigenvalue weighted by atomic mass is 10.0. The molecule has 1 aliphatic heterocycles. The van der Waals surface area contributed by atoms with Gasteiger partial charge in [-0.15, -0.1) is 24.8 Å². The van der Waals surface area contributed by atoms with Crippen LogP contribution >= 0.6 is 24.8 Å². The van der Waals surface area contributed by atoms with E-state index in [4.69, 9.17) is 4.98 Å². The first kappa shape index (κ1) is 22.1. The third-order valence-corrected chi connectivity index (χ3v) is 4.97. The maximum Gasteiger partial charge on any atom is 0.255 e. The van der Waals surface area contributed by atoms with Crippen LogP contribution in [0, 0.1) is 0 Å². The van der Waals surface area contributed by atoms with Crippen molar-refractivity contribution in [3.63, 3.8) is 0 Å². The Balaban J connectivity index is 0.00000140. The molecule has 0 aliphatic carbocycles. The predicted molar refractivity (Wildman–Crippen MR) is 117 cm³/mol. The first-order chi connectivity index (χ1) is 12.7. The zero-order valence-corrected chi connectivity index (χ0v) is 17.6. The van der Waals surface area contributed by atoms with Crippen LogP contribution in [-0.4, -0.2) is 51.2 Å². The molecule has 1 saturated heterocycles. The highest BCUT2D eigenvalue weighted by atomic mass is 35.5. The van der Waals surface area contributed by atoms with E-state index < -0.39 is 0 Å². The fourth-order valence-electron chi connectivity index (χ4n) is 3.51. The zero-order valence-electron chi connectivity index (χ0n) is 16.0. The first-order valence-electron chi connectivity index (χ1n) is 9.12. The number of fused-ring (bicyclic) bond motifs is 1. The van der Waals surface area contributed by atoms with Gasteiger partial charge in [-0.1, -0.05) is 30.3 Å². The predicted octanol–water partition coefficient (Wildman–Crippen LogP) is 3.40. The van der Waals surface area contributed by atoms with Gasteiger partial charge in [0.25, 0.3) is 5.91 Å². The van der Waals surface area contributed by atoms with Crippen LogP contribution in [0.15, 0.2) is 42.6 Å². The molecule has 1 unspecified atom stereocenters. The van der Waals surface area contributed by atoms with E-state index in [-0.39, 0.29) is 36.8 Å². The maximum absolute atomic E-state index is 13.3. The van der Waals surface area contributed by atoms with E-state index in [0.29, 0.717) is 18.7 Å². The van der Waals surface area contributed by atoms with Crippen LogP contribution in [0.2, 0.25) is 0 Å². The molecule has 1 N–H and O–H groups in total. The van der Waals surface area contributed by atoms with Crippen molar-refractivity contribution in [3.05, 3.63) is 48.2 Å². The molecule has 3 aromatic rings. The number of piperazine rings is 1. The summed E-state index contributed by atoms with van der Waals surface area (Å²) in [6, 6.07) is 12.1. The van der Waals surface area contributed by atoms with Crippen LogP contribution in [0.3, 0.4) is 0 Å². The maximum atomic E-state index is 13.3. The zero-order chi connectivity index (χ0) is 18.1. The van der Waals surface area contributed by atoms with Crippen molar-refractivity contribution in [1.82, 2.24) is 25.0 Å². The Morgan fingerprint density at radius 2 is 2.00 bits per heavy atom. The topological polar surface area (TPSA) is 63.1 Å². The number of hydrogen-bond donors (Lipinski definition) is 1. The number of rotatable bonds is 3. The van der Waals surface area contributed by atoms with Crippen molar-refractivity contribution in [2.75, 3.05) is 19.6 Å². The summed E-state index contributed by atoms with van der Waals surface area (Å²) in [6.07, 6.45) is 1.76. The summed E-state index contributed by atoms with van der Waals surface area (Å²) in [6.45, 7) is 7.18. The highest BCUT2D eigenvalue weighted by Gasteiger charge is 2.27. The van der Waals surface area contributed by atoms with Gasteiger partial charge in [0.2, 0.25) is 0 Å². The number of carbonyl (C=O) groups is 1. The minimum absolute atomic E-state index is 0. The number of nitrogens with one attached hydrogen (secondary N) is 1. The monoisotopic (exact) mass is 421 g/mol. The molecule has 1 fully saturated rings. The van der Waals surface area contributed by atoms with Gasteiger partial charge in [0.15, 0.2) is 5.65 Å². The number of carbonyl (C=O) groups excluding carboxylic acids is 1. The number of benzene rings is 1. The molecule has 8 heteroatoms. The molecule has 1 amide bonds. The molecule has 3 heterocycles. The Hall–Kier alpha value is -2.15. The lowest BCUT2D eigenvalue weighted by Gasteiger charge is -2.34. The average molecular weight is 422 g/mol. The van der Waals surface area contributed by atoms with Gasteiger partial charge < -0.3 is 10.2 Å². The minimum atomic E-state index is 0. The normalized spacial score (nSPS) is 16.4. The number of nitrogens with zero attached hydrogens (tertiary/aromatic N) is 4. The first-order valence-corrected chi connectivity index (χ1v) is 9.12. The number of amides is 1. The standard InChI is InChI=1S/C20H23N5O.2ClH/c1-3-25-19-17(13-22-25)16(20(26)24-10-9-21-12-14(24)2)11-18(23-19)15-7-5-4-6-8-15;;/h4-8,11,13-14,21H,3,9-10,12H2,1-2H3;2*1H. The molecule has 0 bridgehead atoms. The number of pyridine rings is 1. The molecule has 1 aromatic carbocycles. The van der Waals surface area contributed by atoms with Crippen molar-refractivity contribution in [3.8, 4) is 11.3 Å². The number of halogens is 2. The summed E-state index contributed by atoms with van der Waals surface area (Å²) in [5.41, 5.74) is 3.25. The lowest BCUT2D eigenvalue weighted by Crippen LogP contribution is -2.52. The van der Waals surface area contributed by atoms with E-state index >= 15 is 0 Å². The SMILES string of the molecule is CCn1ncc2c(C(=O)N3CCNCC3C)cc(-c3ccccc3)nc21.Cl.Cl. The Labute approximate surface area is 177 Å². The van der Waals surface area contributed by atoms with Crippen molar-refractivity contribution >= 4 is 41.8 Å². The fraction of sp³-hybridized carbons (Fsp3) is 0.350. The lowest BCUT2D eigenvalue weighted by molar-refractivity contribution is 0.0658. The molecule has 6 nitrogen and oxygen atoms in total. The van der Waals surface area contributed by atoms with Crippen molar-refractivity contribution < 1.29 is 4.79 Å². The van der Waals surface area contributed by atoms with Crippen molar-refractivity contribution in [2.24, 2.45) is 0 Å². The summed E-state index contributed by atoms with van der Waals surface area (Å²) in [5, 5.41) is 8.58. The van der Waals surface area contributed by atoms with Gasteiger partial charge in [0.1, 0.15) is 0 Å². The second-order valence-corrected chi connectivity index (χ2v) is 6.67. The molecule has 0 radical (unpaired) electrons. The van der Waals surface area contributed by atoms with Gasteiger partial charge in [0, 0.05) is 37.8 Å². The second-order valence-electron chi connectivity index (χ2n) is 6.67. The summed E-state index contributed by atoms with van der Waals surface area (Å²) >= 11 is 0. The van der Waals surface area contributed by atoms with Crippen molar-refractivity contribution in [2.45, 2.75) is 26.4 Å². The Morgan fingerprint density at radius 3 is 2.68 bits per heavy atom. The van der Waals surface area contributed by atoms with Gasteiger partial charge >= 0.3 is 0 Å². The highest BCUT2D eigenvalue weighted by molar-refractivity contribution is 6.06. The molecule has 1 aliphatic rings. The van der Waals surface area contributed by atoms with Crippen LogP contribution < -0.4 is 5.32 Å². The van der Waals surface area contributed by atoms with Crippen LogP contribution in [0.5, 0.6) is 0 Å². The van der Waals surface area contributed by atoms with Gasteiger partial charge in [-0.05, 0) is 19.9 Å². The van der Waals surface area contributed by atoms with E-state index in [1.807, 2.05) is 52.9 Å². The molecule has 0 spiro atoms. The molecule has 150 valence electrons. The van der Waals surface area contributed by atoms with Gasteiger partial charge in [-0.25, -0.2) is 9.67 Å². The summed E-state index contributed by atoms with van der Waals surface area (Å²) in [4.78, 5) is 20.1. The number of aryl methyl sites for hydroxylation is 1. The molecular weight excluding hydrogens is 397 g/mol. The van der Waals surface area contributed by atoms with Crippen molar-refractivity contribution in [1.29, 1.82) is 0 Å². The summed E-state index contributed by atoms with van der Waals surface area (Å²) in [5.74, 6) is 0.0548. The molecular formula is C20H25Cl2N5O. The van der Waals surface area contributed by atoms with Gasteiger partial charge in [-0.3, -0.25) is 4.79 Å². The third kappa shape index (κ3) is 3.99. The largest absolute Gasteiger partial charge is 0.333 e. The average Bonchev–Trinajstić information content (AvgIpc) is 3.11. The Bertz CT molecular complexity index is 944.